The first-order valence-corrected chi connectivity index (χ1v) is 8.57. The van der Waals surface area contributed by atoms with Crippen molar-refractivity contribution in [3.05, 3.63) is 68.6 Å². The molecular weight excluding hydrogens is 413 g/mol. The van der Waals surface area contributed by atoms with Crippen LogP contribution in [0.4, 0.5) is 10.1 Å². The molecule has 0 bridgehead atoms. The molecule has 5 nitrogen and oxygen atoms in total. The summed E-state index contributed by atoms with van der Waals surface area (Å²) in [7, 11) is 0. The Morgan fingerprint density at radius 2 is 2.12 bits per heavy atom. The predicted octanol–water partition coefficient (Wildman–Crippen LogP) is 4.95. The highest BCUT2D eigenvalue weighted by Gasteiger charge is 2.15. The Morgan fingerprint density at radius 3 is 2.76 bits per heavy atom. The maximum absolute atomic E-state index is 13.2. The standard InChI is InChI=1S/C17H14BrClFN3O2/c1-9-16(18)10(2)23(22-9)8-12-4-6-15(25-12)17(24)21-11-3-5-14(20)13(19)7-11/h3-7H,8H2,1-2H3,(H,21,24). The highest BCUT2D eigenvalue weighted by molar-refractivity contribution is 9.10. The number of rotatable bonds is 4. The van der Waals surface area contributed by atoms with E-state index in [4.69, 9.17) is 16.0 Å². The molecule has 0 unspecified atom stereocenters. The third-order valence-corrected chi connectivity index (χ3v) is 5.10. The summed E-state index contributed by atoms with van der Waals surface area (Å²) in [6.07, 6.45) is 0. The lowest BCUT2D eigenvalue weighted by molar-refractivity contribution is 0.0994. The molecule has 8 heteroatoms. The van der Waals surface area contributed by atoms with Gasteiger partial charge in [0.2, 0.25) is 0 Å². The number of halogens is 3. The first-order valence-electron chi connectivity index (χ1n) is 7.40. The largest absolute Gasteiger partial charge is 0.454 e. The van der Waals surface area contributed by atoms with E-state index in [1.165, 1.54) is 18.2 Å². The Labute approximate surface area is 156 Å². The van der Waals surface area contributed by atoms with Crippen molar-refractivity contribution in [3.8, 4) is 0 Å². The fourth-order valence-corrected chi connectivity index (χ4v) is 2.79. The van der Waals surface area contributed by atoms with Crippen LogP contribution in [-0.2, 0) is 6.54 Å². The number of aryl methyl sites for hydroxylation is 1. The Balaban J connectivity index is 1.73. The van der Waals surface area contributed by atoms with Gasteiger partial charge in [0.25, 0.3) is 5.91 Å². The minimum atomic E-state index is -0.545. The van der Waals surface area contributed by atoms with Crippen LogP contribution < -0.4 is 5.32 Å². The number of nitrogens with one attached hydrogen (secondary N) is 1. The maximum Gasteiger partial charge on any atom is 0.291 e. The number of benzene rings is 1. The third kappa shape index (κ3) is 3.77. The Bertz CT molecular complexity index is 952. The maximum atomic E-state index is 13.2. The van der Waals surface area contributed by atoms with Gasteiger partial charge in [0.1, 0.15) is 11.6 Å². The number of amides is 1. The molecule has 0 atom stereocenters. The zero-order chi connectivity index (χ0) is 18.1. The molecule has 1 aromatic carbocycles. The Hall–Kier alpha value is -2.12. The molecule has 3 aromatic rings. The molecule has 0 saturated carbocycles. The van der Waals surface area contributed by atoms with Crippen LogP contribution in [0.3, 0.4) is 0 Å². The van der Waals surface area contributed by atoms with Crippen molar-refractivity contribution in [2.24, 2.45) is 0 Å². The van der Waals surface area contributed by atoms with E-state index >= 15 is 0 Å². The van der Waals surface area contributed by atoms with Crippen LogP contribution in [-0.4, -0.2) is 15.7 Å². The van der Waals surface area contributed by atoms with Crippen molar-refractivity contribution in [2.45, 2.75) is 20.4 Å². The topological polar surface area (TPSA) is 60.1 Å². The van der Waals surface area contributed by atoms with Crippen molar-refractivity contribution >= 4 is 39.1 Å². The average molecular weight is 427 g/mol. The van der Waals surface area contributed by atoms with Crippen molar-refractivity contribution in [1.82, 2.24) is 9.78 Å². The van der Waals surface area contributed by atoms with E-state index in [1.807, 2.05) is 13.8 Å². The zero-order valence-electron chi connectivity index (χ0n) is 13.4. The van der Waals surface area contributed by atoms with E-state index in [0.29, 0.717) is 18.0 Å². The van der Waals surface area contributed by atoms with Gasteiger partial charge in [0.15, 0.2) is 5.76 Å². The lowest BCUT2D eigenvalue weighted by Crippen LogP contribution is -2.11. The smallest absolute Gasteiger partial charge is 0.291 e. The number of aromatic nitrogens is 2. The molecule has 1 N–H and O–H groups in total. The van der Waals surface area contributed by atoms with E-state index < -0.39 is 11.7 Å². The highest BCUT2D eigenvalue weighted by atomic mass is 79.9. The molecule has 1 amide bonds. The molecule has 0 radical (unpaired) electrons. The van der Waals surface area contributed by atoms with Crippen LogP contribution in [0.5, 0.6) is 0 Å². The molecular formula is C17H14BrClFN3O2. The van der Waals surface area contributed by atoms with Gasteiger partial charge in [0.05, 0.1) is 27.4 Å². The number of furan rings is 1. The monoisotopic (exact) mass is 425 g/mol. The van der Waals surface area contributed by atoms with E-state index in [0.717, 1.165) is 15.9 Å². The summed E-state index contributed by atoms with van der Waals surface area (Å²) in [5.74, 6) is -0.240. The lowest BCUT2D eigenvalue weighted by Gasteiger charge is -2.04. The summed E-state index contributed by atoms with van der Waals surface area (Å²) < 4.78 is 21.5. The molecule has 0 aliphatic carbocycles. The number of anilines is 1. The molecule has 2 heterocycles. The first kappa shape index (κ1) is 17.7. The number of hydrogen-bond acceptors (Lipinski definition) is 3. The van der Waals surface area contributed by atoms with Crippen molar-refractivity contribution in [2.75, 3.05) is 5.32 Å². The van der Waals surface area contributed by atoms with Gasteiger partial charge in [-0.15, -0.1) is 0 Å². The van der Waals surface area contributed by atoms with Gasteiger partial charge < -0.3 is 9.73 Å². The zero-order valence-corrected chi connectivity index (χ0v) is 15.8. The van der Waals surface area contributed by atoms with Crippen LogP contribution >= 0.6 is 27.5 Å². The second-order valence-corrected chi connectivity index (χ2v) is 6.69. The lowest BCUT2D eigenvalue weighted by atomic mass is 10.3. The minimum Gasteiger partial charge on any atom is -0.454 e. The number of carbonyl (C=O) groups is 1. The molecule has 0 saturated heterocycles. The summed E-state index contributed by atoms with van der Waals surface area (Å²) in [6, 6.07) is 7.25. The van der Waals surface area contributed by atoms with Crippen LogP contribution in [0.25, 0.3) is 0 Å². The summed E-state index contributed by atoms with van der Waals surface area (Å²) in [6.45, 7) is 4.26. The molecule has 0 aliphatic rings. The summed E-state index contributed by atoms with van der Waals surface area (Å²) >= 11 is 9.18. The van der Waals surface area contributed by atoms with Crippen molar-refractivity contribution in [1.29, 1.82) is 0 Å². The molecule has 0 aliphatic heterocycles. The van der Waals surface area contributed by atoms with Gasteiger partial charge in [-0.1, -0.05) is 11.6 Å². The first-order chi connectivity index (χ1) is 11.8. The van der Waals surface area contributed by atoms with Crippen molar-refractivity contribution in [3.63, 3.8) is 0 Å². The van der Waals surface area contributed by atoms with Crippen LogP contribution in [0.2, 0.25) is 5.02 Å². The quantitative estimate of drug-likeness (QED) is 0.642. The molecule has 130 valence electrons. The molecule has 2 aromatic heterocycles. The van der Waals surface area contributed by atoms with Gasteiger partial charge in [-0.25, -0.2) is 4.39 Å². The predicted molar refractivity (Wildman–Crippen MR) is 96.6 cm³/mol. The van der Waals surface area contributed by atoms with Gasteiger partial charge >= 0.3 is 0 Å². The van der Waals surface area contributed by atoms with Gasteiger partial charge in [-0.2, -0.15) is 5.10 Å². The second-order valence-electron chi connectivity index (χ2n) is 5.49. The normalized spacial score (nSPS) is 10.9. The van der Waals surface area contributed by atoms with E-state index in [1.54, 1.807) is 16.8 Å². The van der Waals surface area contributed by atoms with E-state index in [-0.39, 0.29) is 10.8 Å². The van der Waals surface area contributed by atoms with Crippen LogP contribution in [0, 0.1) is 19.7 Å². The molecule has 0 fully saturated rings. The Morgan fingerprint density at radius 1 is 1.36 bits per heavy atom. The molecule has 25 heavy (non-hydrogen) atoms. The number of nitrogens with zero attached hydrogens (tertiary/aromatic N) is 2. The Kier molecular flexibility index (Phi) is 4.96. The highest BCUT2D eigenvalue weighted by Crippen LogP contribution is 2.22. The summed E-state index contributed by atoms with van der Waals surface area (Å²) in [5.41, 5.74) is 2.24. The second kappa shape index (κ2) is 7.01. The minimum absolute atomic E-state index is 0.0620. The fourth-order valence-electron chi connectivity index (χ4n) is 2.33. The van der Waals surface area contributed by atoms with Crippen LogP contribution in [0.15, 0.2) is 39.2 Å². The SMILES string of the molecule is Cc1nn(Cc2ccc(C(=O)Nc3ccc(F)c(Cl)c3)o2)c(C)c1Br. The number of carbonyl (C=O) groups excluding carboxylic acids is 1. The fraction of sp³-hybridized carbons (Fsp3) is 0.176. The van der Waals surface area contributed by atoms with E-state index in [2.05, 4.69) is 26.3 Å². The molecule has 0 spiro atoms. The number of hydrogen-bond donors (Lipinski definition) is 1. The third-order valence-electron chi connectivity index (χ3n) is 3.66. The van der Waals surface area contributed by atoms with Gasteiger partial charge in [-0.05, 0) is 60.1 Å². The molecule has 3 rings (SSSR count). The summed E-state index contributed by atoms with van der Waals surface area (Å²) in [4.78, 5) is 12.2. The average Bonchev–Trinajstić information content (AvgIpc) is 3.13. The summed E-state index contributed by atoms with van der Waals surface area (Å²) in [5, 5.41) is 6.96. The van der Waals surface area contributed by atoms with Crippen LogP contribution in [0.1, 0.15) is 27.7 Å². The van der Waals surface area contributed by atoms with Gasteiger partial charge in [0, 0.05) is 5.69 Å². The van der Waals surface area contributed by atoms with E-state index in [9.17, 15) is 9.18 Å². The van der Waals surface area contributed by atoms with Gasteiger partial charge in [-0.3, -0.25) is 9.48 Å². The van der Waals surface area contributed by atoms with Crippen molar-refractivity contribution < 1.29 is 13.6 Å².